The molecular formula is C14H12ClNO3S. The first kappa shape index (κ1) is 14.6. The Kier molecular flexibility index (Phi) is 4.76. The summed E-state index contributed by atoms with van der Waals surface area (Å²) in [4.78, 5) is 23.8. The molecule has 1 heterocycles. The summed E-state index contributed by atoms with van der Waals surface area (Å²) in [5.74, 6) is -0.904. The standard InChI is InChI=1S/C14H12ClNO3S/c1-9-4-5-10(15)7-11(9)16-13(17)8-19-14(18)12-3-2-6-20-12/h2-7H,8H2,1H3,(H,16,17). The average molecular weight is 310 g/mol. The van der Waals surface area contributed by atoms with Gasteiger partial charge in [-0.3, -0.25) is 4.79 Å². The summed E-state index contributed by atoms with van der Waals surface area (Å²) in [7, 11) is 0. The first-order valence-corrected chi connectivity index (χ1v) is 7.08. The molecular weight excluding hydrogens is 298 g/mol. The molecule has 0 unspecified atom stereocenters. The maximum absolute atomic E-state index is 11.7. The normalized spacial score (nSPS) is 10.1. The van der Waals surface area contributed by atoms with Crippen LogP contribution in [0, 0.1) is 6.92 Å². The Morgan fingerprint density at radius 1 is 1.35 bits per heavy atom. The lowest BCUT2D eigenvalue weighted by molar-refractivity contribution is -0.119. The van der Waals surface area contributed by atoms with Crippen LogP contribution in [0.25, 0.3) is 0 Å². The number of thiophene rings is 1. The van der Waals surface area contributed by atoms with Crippen molar-refractivity contribution in [1.29, 1.82) is 0 Å². The first-order valence-electron chi connectivity index (χ1n) is 5.83. The summed E-state index contributed by atoms with van der Waals surface area (Å²) in [6, 6.07) is 8.58. The number of halogens is 1. The van der Waals surface area contributed by atoms with Crippen molar-refractivity contribution in [3.05, 3.63) is 51.2 Å². The highest BCUT2D eigenvalue weighted by atomic mass is 35.5. The van der Waals surface area contributed by atoms with Crippen LogP contribution in [0.1, 0.15) is 15.2 Å². The van der Waals surface area contributed by atoms with E-state index in [2.05, 4.69) is 5.32 Å². The van der Waals surface area contributed by atoms with Crippen molar-refractivity contribution in [2.24, 2.45) is 0 Å². The van der Waals surface area contributed by atoms with Crippen molar-refractivity contribution in [2.45, 2.75) is 6.92 Å². The fourth-order valence-corrected chi connectivity index (χ4v) is 2.30. The number of aryl methyl sites for hydroxylation is 1. The van der Waals surface area contributed by atoms with Gasteiger partial charge in [-0.15, -0.1) is 11.3 Å². The molecule has 104 valence electrons. The number of hydrogen-bond donors (Lipinski definition) is 1. The third kappa shape index (κ3) is 3.82. The number of benzene rings is 1. The van der Waals surface area contributed by atoms with E-state index in [0.29, 0.717) is 15.6 Å². The number of anilines is 1. The fraction of sp³-hybridized carbons (Fsp3) is 0.143. The number of hydrogen-bond acceptors (Lipinski definition) is 4. The first-order chi connectivity index (χ1) is 9.56. The minimum Gasteiger partial charge on any atom is -0.451 e. The van der Waals surface area contributed by atoms with Crippen LogP contribution in [0.5, 0.6) is 0 Å². The van der Waals surface area contributed by atoms with Crippen LogP contribution in [-0.2, 0) is 9.53 Å². The van der Waals surface area contributed by atoms with Crippen LogP contribution in [0.3, 0.4) is 0 Å². The lowest BCUT2D eigenvalue weighted by Crippen LogP contribution is -2.21. The molecule has 0 spiro atoms. The zero-order valence-corrected chi connectivity index (χ0v) is 12.3. The van der Waals surface area contributed by atoms with Gasteiger partial charge in [0.15, 0.2) is 6.61 Å². The average Bonchev–Trinajstić information content (AvgIpc) is 2.94. The highest BCUT2D eigenvalue weighted by molar-refractivity contribution is 7.11. The van der Waals surface area contributed by atoms with Crippen molar-refractivity contribution in [3.63, 3.8) is 0 Å². The molecule has 2 aromatic rings. The molecule has 0 saturated heterocycles. The second kappa shape index (κ2) is 6.54. The summed E-state index contributed by atoms with van der Waals surface area (Å²) >= 11 is 7.13. The summed E-state index contributed by atoms with van der Waals surface area (Å²) < 4.78 is 4.92. The smallest absolute Gasteiger partial charge is 0.348 e. The highest BCUT2D eigenvalue weighted by Gasteiger charge is 2.11. The van der Waals surface area contributed by atoms with Crippen molar-refractivity contribution < 1.29 is 14.3 Å². The minimum absolute atomic E-state index is 0.331. The number of carbonyl (C=O) groups is 2. The Morgan fingerprint density at radius 3 is 2.85 bits per heavy atom. The fourth-order valence-electron chi connectivity index (χ4n) is 1.51. The van der Waals surface area contributed by atoms with Gasteiger partial charge in [-0.05, 0) is 36.1 Å². The van der Waals surface area contributed by atoms with Gasteiger partial charge in [0.2, 0.25) is 0 Å². The van der Waals surface area contributed by atoms with Crippen LogP contribution < -0.4 is 5.32 Å². The van der Waals surface area contributed by atoms with Gasteiger partial charge in [0.1, 0.15) is 4.88 Å². The van der Waals surface area contributed by atoms with Gasteiger partial charge >= 0.3 is 5.97 Å². The lowest BCUT2D eigenvalue weighted by atomic mass is 10.2. The van der Waals surface area contributed by atoms with Crippen LogP contribution in [-0.4, -0.2) is 18.5 Å². The van der Waals surface area contributed by atoms with Crippen LogP contribution in [0.2, 0.25) is 5.02 Å². The number of rotatable bonds is 4. The van der Waals surface area contributed by atoms with Gasteiger partial charge < -0.3 is 10.1 Å². The second-order valence-corrected chi connectivity index (χ2v) is 5.44. The molecule has 0 saturated carbocycles. The molecule has 1 aromatic carbocycles. The Hall–Kier alpha value is -1.85. The summed E-state index contributed by atoms with van der Waals surface area (Å²) in [5, 5.41) is 4.95. The molecule has 1 aromatic heterocycles. The minimum atomic E-state index is -0.502. The van der Waals surface area contributed by atoms with E-state index in [0.717, 1.165) is 5.56 Å². The van der Waals surface area contributed by atoms with Gasteiger partial charge in [-0.1, -0.05) is 23.7 Å². The van der Waals surface area contributed by atoms with E-state index in [-0.39, 0.29) is 6.61 Å². The Balaban J connectivity index is 1.90. The van der Waals surface area contributed by atoms with E-state index >= 15 is 0 Å². The van der Waals surface area contributed by atoms with E-state index in [4.69, 9.17) is 16.3 Å². The predicted molar refractivity (Wildman–Crippen MR) is 79.4 cm³/mol. The molecule has 6 heteroatoms. The van der Waals surface area contributed by atoms with Crippen LogP contribution in [0.4, 0.5) is 5.69 Å². The molecule has 2 rings (SSSR count). The maximum Gasteiger partial charge on any atom is 0.348 e. The maximum atomic E-state index is 11.7. The molecule has 0 bridgehead atoms. The number of ether oxygens (including phenoxy) is 1. The molecule has 0 fully saturated rings. The van der Waals surface area contributed by atoms with E-state index in [1.54, 1.807) is 35.7 Å². The zero-order chi connectivity index (χ0) is 14.5. The SMILES string of the molecule is Cc1ccc(Cl)cc1NC(=O)COC(=O)c1cccs1. The van der Waals surface area contributed by atoms with Gasteiger partial charge in [0.05, 0.1) is 0 Å². The van der Waals surface area contributed by atoms with Crippen molar-refractivity contribution in [2.75, 3.05) is 11.9 Å². The van der Waals surface area contributed by atoms with E-state index in [9.17, 15) is 9.59 Å². The number of nitrogens with one attached hydrogen (secondary N) is 1. The quantitative estimate of drug-likeness (QED) is 0.879. The molecule has 4 nitrogen and oxygen atoms in total. The number of esters is 1. The van der Waals surface area contributed by atoms with Crippen molar-refractivity contribution in [1.82, 2.24) is 0 Å². The Morgan fingerprint density at radius 2 is 2.15 bits per heavy atom. The summed E-state index contributed by atoms with van der Waals surface area (Å²) in [5.41, 5.74) is 1.49. The molecule has 0 atom stereocenters. The molecule has 0 aliphatic carbocycles. The largest absolute Gasteiger partial charge is 0.451 e. The van der Waals surface area contributed by atoms with Crippen molar-refractivity contribution >= 4 is 40.5 Å². The third-order valence-electron chi connectivity index (χ3n) is 2.53. The van der Waals surface area contributed by atoms with Crippen LogP contribution >= 0.6 is 22.9 Å². The van der Waals surface area contributed by atoms with E-state index < -0.39 is 11.9 Å². The Bertz CT molecular complexity index is 625. The summed E-state index contributed by atoms with van der Waals surface area (Å²) in [6.07, 6.45) is 0. The summed E-state index contributed by atoms with van der Waals surface area (Å²) in [6.45, 7) is 1.52. The number of carbonyl (C=O) groups excluding carboxylic acids is 2. The molecule has 0 aliphatic rings. The van der Waals surface area contributed by atoms with E-state index in [1.807, 2.05) is 6.92 Å². The third-order valence-corrected chi connectivity index (χ3v) is 3.62. The lowest BCUT2D eigenvalue weighted by Gasteiger charge is -2.09. The van der Waals surface area contributed by atoms with Gasteiger partial charge in [-0.2, -0.15) is 0 Å². The predicted octanol–water partition coefficient (Wildman–Crippen LogP) is 3.51. The molecule has 1 N–H and O–H groups in total. The van der Waals surface area contributed by atoms with Crippen LogP contribution in [0.15, 0.2) is 35.7 Å². The molecule has 1 amide bonds. The molecule has 20 heavy (non-hydrogen) atoms. The van der Waals surface area contributed by atoms with Gasteiger partial charge in [-0.25, -0.2) is 4.79 Å². The van der Waals surface area contributed by atoms with Crippen molar-refractivity contribution in [3.8, 4) is 0 Å². The second-order valence-electron chi connectivity index (χ2n) is 4.06. The molecule has 0 radical (unpaired) electrons. The monoisotopic (exact) mass is 309 g/mol. The molecule has 0 aliphatic heterocycles. The topological polar surface area (TPSA) is 55.4 Å². The number of amides is 1. The Labute approximate surface area is 125 Å². The van der Waals surface area contributed by atoms with Gasteiger partial charge in [0, 0.05) is 10.7 Å². The zero-order valence-electron chi connectivity index (χ0n) is 10.7. The van der Waals surface area contributed by atoms with Gasteiger partial charge in [0.25, 0.3) is 5.91 Å². The highest BCUT2D eigenvalue weighted by Crippen LogP contribution is 2.20. The van der Waals surface area contributed by atoms with E-state index in [1.165, 1.54) is 11.3 Å².